The summed E-state index contributed by atoms with van der Waals surface area (Å²) in [5.74, 6) is 0. The molecule has 0 aliphatic carbocycles. The number of rotatable bonds is 3. The zero-order valence-corrected chi connectivity index (χ0v) is 10.8. The number of ether oxygens (including phenoxy) is 1. The first-order valence-corrected chi connectivity index (χ1v) is 6.64. The van der Waals surface area contributed by atoms with Gasteiger partial charge in [-0.15, -0.1) is 0 Å². The van der Waals surface area contributed by atoms with Gasteiger partial charge in [-0.3, -0.25) is 4.98 Å². The van der Waals surface area contributed by atoms with E-state index in [4.69, 9.17) is 4.74 Å². The summed E-state index contributed by atoms with van der Waals surface area (Å²) in [6.07, 6.45) is 3.44. The summed E-state index contributed by atoms with van der Waals surface area (Å²) in [4.78, 5) is 4.36. The molecule has 0 saturated carbocycles. The van der Waals surface area contributed by atoms with Crippen molar-refractivity contribution in [3.63, 3.8) is 0 Å². The molecule has 4 heteroatoms. The summed E-state index contributed by atoms with van der Waals surface area (Å²) < 4.78 is 5.39. The summed E-state index contributed by atoms with van der Waals surface area (Å²) in [5, 5.41) is 14.3. The fourth-order valence-corrected chi connectivity index (χ4v) is 2.58. The van der Waals surface area contributed by atoms with Gasteiger partial charge in [-0.25, -0.2) is 0 Å². The van der Waals surface area contributed by atoms with Crippen molar-refractivity contribution < 1.29 is 9.84 Å². The molecule has 1 saturated heterocycles. The molecule has 0 spiro atoms. The lowest BCUT2D eigenvalue weighted by Gasteiger charge is -2.37. The highest BCUT2D eigenvalue weighted by atomic mass is 16.5. The standard InChI is InChI=1S/C15H18N2O2/c18-11-15(6-9-19-10-7-15)17-14-5-8-16-13-4-2-1-3-12(13)14/h1-5,8,18H,6-7,9-11H2,(H,16,17). The van der Waals surface area contributed by atoms with Gasteiger partial charge < -0.3 is 15.2 Å². The first-order valence-electron chi connectivity index (χ1n) is 6.64. The molecule has 0 amide bonds. The van der Waals surface area contributed by atoms with E-state index in [1.807, 2.05) is 24.3 Å². The third-order valence-electron chi connectivity index (χ3n) is 3.80. The van der Waals surface area contributed by atoms with E-state index in [1.165, 1.54) is 0 Å². The Kier molecular flexibility index (Phi) is 3.36. The molecule has 1 aromatic carbocycles. The van der Waals surface area contributed by atoms with Crippen LogP contribution >= 0.6 is 0 Å². The number of nitrogens with one attached hydrogen (secondary N) is 1. The molecule has 4 nitrogen and oxygen atoms in total. The lowest BCUT2D eigenvalue weighted by molar-refractivity contribution is 0.0380. The smallest absolute Gasteiger partial charge is 0.0722 e. The van der Waals surface area contributed by atoms with Crippen LogP contribution in [0.1, 0.15) is 12.8 Å². The van der Waals surface area contributed by atoms with Crippen molar-refractivity contribution in [2.75, 3.05) is 25.1 Å². The van der Waals surface area contributed by atoms with Crippen molar-refractivity contribution in [3.8, 4) is 0 Å². The zero-order chi connectivity index (χ0) is 13.1. The number of nitrogens with zero attached hydrogens (tertiary/aromatic N) is 1. The van der Waals surface area contributed by atoms with Crippen LogP contribution in [0.25, 0.3) is 10.9 Å². The topological polar surface area (TPSA) is 54.4 Å². The SMILES string of the molecule is OCC1(Nc2ccnc3ccccc23)CCOCC1. The minimum Gasteiger partial charge on any atom is -0.394 e. The van der Waals surface area contributed by atoms with Crippen LogP contribution in [0.3, 0.4) is 0 Å². The van der Waals surface area contributed by atoms with Crippen LogP contribution in [-0.2, 0) is 4.74 Å². The van der Waals surface area contributed by atoms with E-state index in [9.17, 15) is 5.11 Å². The van der Waals surface area contributed by atoms with E-state index in [-0.39, 0.29) is 12.1 Å². The third-order valence-corrected chi connectivity index (χ3v) is 3.80. The van der Waals surface area contributed by atoms with Gasteiger partial charge in [0, 0.05) is 30.5 Å². The highest BCUT2D eigenvalue weighted by Crippen LogP contribution is 2.29. The minimum atomic E-state index is -0.275. The summed E-state index contributed by atoms with van der Waals surface area (Å²) in [6, 6.07) is 10.0. The average molecular weight is 258 g/mol. The number of aliphatic hydroxyl groups is 1. The van der Waals surface area contributed by atoms with Gasteiger partial charge in [0.1, 0.15) is 0 Å². The van der Waals surface area contributed by atoms with Gasteiger partial charge in [0.25, 0.3) is 0 Å². The average Bonchev–Trinajstić information content (AvgIpc) is 2.49. The van der Waals surface area contributed by atoms with Crippen molar-refractivity contribution in [3.05, 3.63) is 36.5 Å². The molecule has 2 heterocycles. The van der Waals surface area contributed by atoms with Crippen molar-refractivity contribution in [1.29, 1.82) is 0 Å². The van der Waals surface area contributed by atoms with Crippen LogP contribution in [0.2, 0.25) is 0 Å². The number of para-hydroxylation sites is 1. The Hall–Kier alpha value is -1.65. The number of fused-ring (bicyclic) bond motifs is 1. The molecular formula is C15H18N2O2. The maximum Gasteiger partial charge on any atom is 0.0722 e. The van der Waals surface area contributed by atoms with Gasteiger partial charge in [-0.2, -0.15) is 0 Å². The number of aromatic nitrogens is 1. The van der Waals surface area contributed by atoms with Gasteiger partial charge in [-0.1, -0.05) is 18.2 Å². The maximum absolute atomic E-state index is 9.74. The van der Waals surface area contributed by atoms with Gasteiger partial charge in [0.2, 0.25) is 0 Å². The molecule has 1 aliphatic rings. The summed E-state index contributed by atoms with van der Waals surface area (Å²) in [7, 11) is 0. The molecule has 1 aromatic heterocycles. The Balaban J connectivity index is 1.96. The van der Waals surface area contributed by atoms with Crippen molar-refractivity contribution >= 4 is 16.6 Å². The molecule has 2 N–H and O–H groups in total. The van der Waals surface area contributed by atoms with Crippen molar-refractivity contribution in [2.24, 2.45) is 0 Å². The van der Waals surface area contributed by atoms with Crippen LogP contribution in [0.4, 0.5) is 5.69 Å². The summed E-state index contributed by atoms with van der Waals surface area (Å²) >= 11 is 0. The molecule has 3 rings (SSSR count). The Morgan fingerprint density at radius 1 is 1.21 bits per heavy atom. The number of hydrogen-bond acceptors (Lipinski definition) is 4. The quantitative estimate of drug-likeness (QED) is 0.886. The third kappa shape index (κ3) is 2.41. The Morgan fingerprint density at radius 3 is 2.79 bits per heavy atom. The molecule has 0 bridgehead atoms. The molecule has 0 unspecified atom stereocenters. The number of aliphatic hydroxyl groups excluding tert-OH is 1. The highest BCUT2D eigenvalue weighted by molar-refractivity contribution is 5.91. The summed E-state index contributed by atoms with van der Waals surface area (Å²) in [5.41, 5.74) is 1.72. The molecule has 0 radical (unpaired) electrons. The first-order chi connectivity index (χ1) is 9.33. The highest BCUT2D eigenvalue weighted by Gasteiger charge is 2.32. The molecule has 1 aliphatic heterocycles. The second kappa shape index (κ2) is 5.15. The van der Waals surface area contributed by atoms with Crippen LogP contribution < -0.4 is 5.32 Å². The van der Waals surface area contributed by atoms with Gasteiger partial charge in [0.05, 0.1) is 17.7 Å². The Bertz CT molecular complexity index is 560. The van der Waals surface area contributed by atoms with E-state index in [2.05, 4.69) is 16.4 Å². The first kappa shape index (κ1) is 12.4. The minimum absolute atomic E-state index is 0.118. The van der Waals surface area contributed by atoms with E-state index in [0.717, 1.165) is 29.4 Å². The van der Waals surface area contributed by atoms with Crippen LogP contribution in [0.15, 0.2) is 36.5 Å². The lowest BCUT2D eigenvalue weighted by atomic mass is 9.90. The number of benzene rings is 1. The van der Waals surface area contributed by atoms with E-state index < -0.39 is 0 Å². The van der Waals surface area contributed by atoms with E-state index in [1.54, 1.807) is 6.20 Å². The normalized spacial score (nSPS) is 18.4. The molecule has 19 heavy (non-hydrogen) atoms. The zero-order valence-electron chi connectivity index (χ0n) is 10.8. The van der Waals surface area contributed by atoms with Crippen molar-refractivity contribution in [1.82, 2.24) is 4.98 Å². The molecular weight excluding hydrogens is 240 g/mol. The lowest BCUT2D eigenvalue weighted by Crippen LogP contribution is -2.46. The second-order valence-corrected chi connectivity index (χ2v) is 5.05. The monoisotopic (exact) mass is 258 g/mol. The predicted molar refractivity (Wildman–Crippen MR) is 75.2 cm³/mol. The molecule has 2 aromatic rings. The van der Waals surface area contributed by atoms with Gasteiger partial charge in [0.15, 0.2) is 0 Å². The number of pyridine rings is 1. The van der Waals surface area contributed by atoms with Crippen LogP contribution in [0, 0.1) is 0 Å². The van der Waals surface area contributed by atoms with Crippen LogP contribution in [0.5, 0.6) is 0 Å². The van der Waals surface area contributed by atoms with Crippen molar-refractivity contribution in [2.45, 2.75) is 18.4 Å². The molecule has 100 valence electrons. The van der Waals surface area contributed by atoms with Gasteiger partial charge in [-0.05, 0) is 25.0 Å². The Morgan fingerprint density at radius 2 is 2.00 bits per heavy atom. The number of hydrogen-bond donors (Lipinski definition) is 2. The van der Waals surface area contributed by atoms with Crippen LogP contribution in [-0.4, -0.2) is 35.5 Å². The maximum atomic E-state index is 9.74. The summed E-state index contributed by atoms with van der Waals surface area (Å²) in [6.45, 7) is 1.50. The van der Waals surface area contributed by atoms with Gasteiger partial charge >= 0.3 is 0 Å². The van der Waals surface area contributed by atoms with E-state index in [0.29, 0.717) is 13.2 Å². The molecule has 1 fully saturated rings. The number of anilines is 1. The Labute approximate surface area is 112 Å². The predicted octanol–water partition coefficient (Wildman–Crippen LogP) is 2.19. The largest absolute Gasteiger partial charge is 0.394 e. The second-order valence-electron chi connectivity index (χ2n) is 5.05. The van der Waals surface area contributed by atoms with E-state index >= 15 is 0 Å². The molecule has 0 atom stereocenters. The fraction of sp³-hybridized carbons (Fsp3) is 0.400. The fourth-order valence-electron chi connectivity index (χ4n) is 2.58.